The van der Waals surface area contributed by atoms with Gasteiger partial charge in [-0.05, 0) is 39.0 Å². The highest BCUT2D eigenvalue weighted by Crippen LogP contribution is 2.23. The fraction of sp³-hybridized carbons (Fsp3) is 0.850. The van der Waals surface area contributed by atoms with Gasteiger partial charge in [-0.3, -0.25) is 9.59 Å². The third-order valence-electron chi connectivity index (χ3n) is 4.45. The van der Waals surface area contributed by atoms with Gasteiger partial charge in [0, 0.05) is 58.1 Å². The predicted molar refractivity (Wildman–Crippen MR) is 121 cm³/mol. The molecule has 0 aromatic heterocycles. The summed E-state index contributed by atoms with van der Waals surface area (Å²) in [5.74, 6) is 2.29. The number of hydrogen-bond donors (Lipinski definition) is 2. The number of amides is 2. The highest BCUT2D eigenvalue weighted by atomic mass is 33.1. The van der Waals surface area contributed by atoms with E-state index in [1.54, 1.807) is 35.6 Å². The number of methoxy groups -OCH3 is 1. The van der Waals surface area contributed by atoms with Crippen molar-refractivity contribution in [1.82, 2.24) is 10.2 Å². The first-order valence-corrected chi connectivity index (χ1v) is 12.8. The molecular weight excluding hydrogens is 412 g/mol. The zero-order valence-electron chi connectivity index (χ0n) is 18.1. The highest BCUT2D eigenvalue weighted by Gasteiger charge is 2.27. The van der Waals surface area contributed by atoms with E-state index in [0.717, 1.165) is 57.3 Å². The number of Topliss-reactive ketones (excluding diaryl/α,β-unsaturated/α-hetero) is 1. The van der Waals surface area contributed by atoms with Crippen LogP contribution in [0.5, 0.6) is 0 Å². The van der Waals surface area contributed by atoms with Crippen LogP contribution in [0.2, 0.25) is 0 Å². The molecule has 0 aromatic rings. The van der Waals surface area contributed by atoms with Crippen LogP contribution in [0.25, 0.3) is 0 Å². The molecule has 7 nitrogen and oxygen atoms in total. The maximum Gasteiger partial charge on any atom is 0.222 e. The van der Waals surface area contributed by atoms with Crippen LogP contribution in [0, 0.1) is 0 Å². The van der Waals surface area contributed by atoms with Gasteiger partial charge in [-0.15, -0.1) is 0 Å². The minimum absolute atomic E-state index is 0.0611. The van der Waals surface area contributed by atoms with Crippen LogP contribution in [0.1, 0.15) is 58.3 Å². The van der Waals surface area contributed by atoms with Crippen LogP contribution in [0.3, 0.4) is 0 Å². The Kier molecular flexibility index (Phi) is 18.7. The van der Waals surface area contributed by atoms with Crippen molar-refractivity contribution >= 4 is 39.2 Å². The third kappa shape index (κ3) is 14.8. The van der Waals surface area contributed by atoms with Crippen molar-refractivity contribution in [3.63, 3.8) is 0 Å². The lowest BCUT2D eigenvalue weighted by Gasteiger charge is -2.24. The van der Waals surface area contributed by atoms with Gasteiger partial charge < -0.3 is 24.9 Å². The lowest BCUT2D eigenvalue weighted by molar-refractivity contribution is -0.133. The van der Waals surface area contributed by atoms with Crippen LogP contribution in [0.15, 0.2) is 0 Å². The van der Waals surface area contributed by atoms with Gasteiger partial charge >= 0.3 is 0 Å². The Hall–Kier alpha value is -0.770. The number of ether oxygens (including phenoxy) is 1. The predicted octanol–water partition coefficient (Wildman–Crippen LogP) is 2.66. The molecule has 1 aliphatic heterocycles. The molecule has 170 valence electrons. The molecule has 29 heavy (non-hydrogen) atoms. The Labute approximate surface area is 183 Å². The van der Waals surface area contributed by atoms with E-state index in [0.29, 0.717) is 32.4 Å². The molecule has 9 heteroatoms. The standard InChI is InChI=1S/C19H34N2O4S2.CH4O/c1-16(22)7-3-4-9-18(23)20-11-14-27-26-13-6-10-19(24)21-12-5-8-17(21)15-25-2;1-2/h17H,3-15H2,1-2H3,(H,20,23);2H,1H3/t17-;/m0./s1. The van der Waals surface area contributed by atoms with Crippen molar-refractivity contribution in [3.8, 4) is 0 Å². The molecule has 2 N–H and O–H groups in total. The lowest BCUT2D eigenvalue weighted by Crippen LogP contribution is -2.38. The second-order valence-electron chi connectivity index (χ2n) is 6.85. The molecule has 0 aromatic carbocycles. The Balaban J connectivity index is 0.00000379. The van der Waals surface area contributed by atoms with Crippen LogP contribution >= 0.6 is 21.6 Å². The summed E-state index contributed by atoms with van der Waals surface area (Å²) >= 11 is 0. The molecule has 0 unspecified atom stereocenters. The maximum absolute atomic E-state index is 12.3. The van der Waals surface area contributed by atoms with Crippen LogP contribution < -0.4 is 5.32 Å². The van der Waals surface area contributed by atoms with Crippen molar-refractivity contribution in [3.05, 3.63) is 0 Å². The third-order valence-corrected chi connectivity index (χ3v) is 6.94. The fourth-order valence-corrected chi connectivity index (χ4v) is 5.05. The van der Waals surface area contributed by atoms with E-state index in [4.69, 9.17) is 9.84 Å². The first kappa shape index (κ1) is 28.2. The quantitative estimate of drug-likeness (QED) is 0.292. The molecule has 0 bridgehead atoms. The fourth-order valence-electron chi connectivity index (χ4n) is 3.05. The second-order valence-corrected chi connectivity index (χ2v) is 9.55. The first-order valence-electron chi connectivity index (χ1n) is 10.3. The Bertz CT molecular complexity index is 466. The van der Waals surface area contributed by atoms with Crippen molar-refractivity contribution in [2.45, 2.75) is 64.3 Å². The zero-order valence-corrected chi connectivity index (χ0v) is 19.7. The Morgan fingerprint density at radius 3 is 2.45 bits per heavy atom. The van der Waals surface area contributed by atoms with E-state index in [1.807, 2.05) is 4.90 Å². The molecule has 1 atom stereocenters. The molecule has 1 fully saturated rings. The topological polar surface area (TPSA) is 95.9 Å². The van der Waals surface area contributed by atoms with E-state index >= 15 is 0 Å². The van der Waals surface area contributed by atoms with Gasteiger partial charge in [0.2, 0.25) is 11.8 Å². The minimum atomic E-state index is 0.0611. The van der Waals surface area contributed by atoms with Crippen LogP contribution in [-0.2, 0) is 19.1 Å². The maximum atomic E-state index is 12.3. The molecule has 1 saturated heterocycles. The van der Waals surface area contributed by atoms with Crippen molar-refractivity contribution in [2.24, 2.45) is 0 Å². The van der Waals surface area contributed by atoms with Crippen LogP contribution in [0.4, 0.5) is 0 Å². The average Bonchev–Trinajstić information content (AvgIpc) is 3.17. The number of nitrogens with one attached hydrogen (secondary N) is 1. The number of unbranched alkanes of at least 4 members (excludes halogenated alkanes) is 1. The molecule has 0 saturated carbocycles. The van der Waals surface area contributed by atoms with Gasteiger partial charge in [0.25, 0.3) is 0 Å². The second kappa shape index (κ2) is 19.2. The molecule has 0 radical (unpaired) electrons. The largest absolute Gasteiger partial charge is 0.400 e. The summed E-state index contributed by atoms with van der Waals surface area (Å²) < 4.78 is 5.20. The molecule has 1 rings (SSSR count). The van der Waals surface area contributed by atoms with Crippen molar-refractivity contribution in [2.75, 3.05) is 45.4 Å². The van der Waals surface area contributed by atoms with E-state index in [-0.39, 0.29) is 23.6 Å². The van der Waals surface area contributed by atoms with E-state index < -0.39 is 0 Å². The smallest absolute Gasteiger partial charge is 0.222 e. The number of nitrogens with zero attached hydrogens (tertiary/aromatic N) is 1. The van der Waals surface area contributed by atoms with Crippen molar-refractivity contribution < 1.29 is 24.2 Å². The number of likely N-dealkylation sites (tertiary alicyclic amines) is 1. The summed E-state index contributed by atoms with van der Waals surface area (Å²) in [6.07, 6.45) is 6.22. The van der Waals surface area contributed by atoms with E-state index in [9.17, 15) is 14.4 Å². The molecule has 1 heterocycles. The van der Waals surface area contributed by atoms with Crippen LogP contribution in [-0.4, -0.2) is 79.1 Å². The number of carbonyl (C=O) groups is 3. The van der Waals surface area contributed by atoms with E-state index in [1.165, 1.54) is 0 Å². The number of aliphatic hydroxyl groups is 1. The van der Waals surface area contributed by atoms with Crippen molar-refractivity contribution in [1.29, 1.82) is 0 Å². The molecular formula is C20H38N2O5S2. The summed E-state index contributed by atoms with van der Waals surface area (Å²) in [5.41, 5.74) is 0. The summed E-state index contributed by atoms with van der Waals surface area (Å²) in [6.45, 7) is 3.74. The number of aliphatic hydroxyl groups excluding tert-OH is 1. The number of carbonyl (C=O) groups excluding carboxylic acids is 3. The van der Waals surface area contributed by atoms with Gasteiger partial charge in [-0.25, -0.2) is 0 Å². The Morgan fingerprint density at radius 2 is 1.76 bits per heavy atom. The molecule has 0 aliphatic carbocycles. The van der Waals surface area contributed by atoms with Gasteiger partial charge in [0.05, 0.1) is 12.6 Å². The molecule has 2 amide bonds. The molecule has 0 spiro atoms. The monoisotopic (exact) mass is 450 g/mol. The van der Waals surface area contributed by atoms with E-state index in [2.05, 4.69) is 5.32 Å². The summed E-state index contributed by atoms with van der Waals surface area (Å²) in [7, 11) is 6.18. The Morgan fingerprint density at radius 1 is 1.07 bits per heavy atom. The lowest BCUT2D eigenvalue weighted by atomic mass is 10.1. The van der Waals surface area contributed by atoms with Gasteiger partial charge in [-0.1, -0.05) is 21.6 Å². The summed E-state index contributed by atoms with van der Waals surface area (Å²) in [4.78, 5) is 36.7. The zero-order chi connectivity index (χ0) is 21.9. The average molecular weight is 451 g/mol. The minimum Gasteiger partial charge on any atom is -0.400 e. The summed E-state index contributed by atoms with van der Waals surface area (Å²) in [5, 5.41) is 9.90. The van der Waals surface area contributed by atoms with Gasteiger partial charge in [0.15, 0.2) is 0 Å². The SMILES string of the molecule is CO.COC[C@@H]1CCCN1C(=O)CCCSSCCNC(=O)CCCCC(C)=O. The normalized spacial score (nSPS) is 15.6. The highest BCUT2D eigenvalue weighted by molar-refractivity contribution is 8.76. The number of hydrogen-bond acceptors (Lipinski definition) is 7. The summed E-state index contributed by atoms with van der Waals surface area (Å²) in [6, 6.07) is 0.260. The number of ketones is 1. The van der Waals surface area contributed by atoms with Gasteiger partial charge in [0.1, 0.15) is 5.78 Å². The van der Waals surface area contributed by atoms with Gasteiger partial charge in [-0.2, -0.15) is 0 Å². The molecule has 1 aliphatic rings. The first-order chi connectivity index (χ1) is 14.0. The number of rotatable bonds is 15.